The summed E-state index contributed by atoms with van der Waals surface area (Å²) in [6, 6.07) is 3.41. The summed E-state index contributed by atoms with van der Waals surface area (Å²) in [4.78, 5) is 0. The predicted molar refractivity (Wildman–Crippen MR) is 69.8 cm³/mol. The van der Waals surface area contributed by atoms with Crippen LogP contribution in [-0.2, 0) is 11.3 Å². The van der Waals surface area contributed by atoms with Crippen LogP contribution in [0, 0.1) is 0 Å². The average Bonchev–Trinajstić information content (AvgIpc) is 2.43. The van der Waals surface area contributed by atoms with Crippen molar-refractivity contribution < 1.29 is 32.1 Å². The monoisotopic (exact) mass is 309 g/mol. The first-order chi connectivity index (χ1) is 9.91. The highest BCUT2D eigenvalue weighted by molar-refractivity contribution is 5.53. The minimum atomic E-state index is -4.39. The molecule has 0 aliphatic heterocycles. The van der Waals surface area contributed by atoms with Gasteiger partial charge in [-0.15, -0.1) is 0 Å². The molecule has 8 heteroatoms. The summed E-state index contributed by atoms with van der Waals surface area (Å²) < 4.78 is 55.8. The predicted octanol–water partition coefficient (Wildman–Crippen LogP) is 2.34. The van der Waals surface area contributed by atoms with Gasteiger partial charge in [0.05, 0.1) is 14.2 Å². The second kappa shape index (κ2) is 7.94. The summed E-state index contributed by atoms with van der Waals surface area (Å²) in [6.45, 7) is -1.36. The van der Waals surface area contributed by atoms with Gasteiger partial charge in [0, 0.05) is 6.54 Å². The van der Waals surface area contributed by atoms with Crippen molar-refractivity contribution in [2.24, 2.45) is 0 Å². The maximum absolute atomic E-state index is 12.0. The van der Waals surface area contributed by atoms with Crippen LogP contribution in [0.25, 0.3) is 0 Å². The second-order valence-corrected chi connectivity index (χ2v) is 4.09. The number of rotatable bonds is 8. The van der Waals surface area contributed by atoms with Crippen molar-refractivity contribution in [1.82, 2.24) is 5.32 Å². The van der Waals surface area contributed by atoms with Crippen LogP contribution < -0.4 is 19.5 Å². The van der Waals surface area contributed by atoms with Gasteiger partial charge >= 0.3 is 6.18 Å². The van der Waals surface area contributed by atoms with Crippen LogP contribution >= 0.6 is 0 Å². The Kier molecular flexibility index (Phi) is 6.57. The lowest BCUT2D eigenvalue weighted by atomic mass is 10.2. The van der Waals surface area contributed by atoms with Gasteiger partial charge in [0.2, 0.25) is 5.75 Å². The van der Waals surface area contributed by atoms with Crippen LogP contribution in [-0.4, -0.2) is 40.8 Å². The first-order valence-electron chi connectivity index (χ1n) is 6.08. The number of nitrogens with one attached hydrogen (secondary N) is 1. The molecule has 120 valence electrons. The molecule has 0 atom stereocenters. The second-order valence-electron chi connectivity index (χ2n) is 4.09. The van der Waals surface area contributed by atoms with Crippen LogP contribution in [0.4, 0.5) is 13.2 Å². The van der Waals surface area contributed by atoms with Crippen molar-refractivity contribution in [3.8, 4) is 17.2 Å². The third-order valence-corrected chi connectivity index (χ3v) is 2.45. The number of hydrogen-bond acceptors (Lipinski definition) is 5. The van der Waals surface area contributed by atoms with Crippen molar-refractivity contribution in [2.75, 3.05) is 34.7 Å². The van der Waals surface area contributed by atoms with E-state index in [0.717, 1.165) is 5.56 Å². The summed E-state index contributed by atoms with van der Waals surface area (Å²) in [6.07, 6.45) is -4.39. The molecule has 0 heterocycles. The minimum absolute atomic E-state index is 0.196. The highest BCUT2D eigenvalue weighted by Crippen LogP contribution is 2.38. The zero-order valence-electron chi connectivity index (χ0n) is 12.0. The number of methoxy groups -OCH3 is 2. The van der Waals surface area contributed by atoms with Crippen molar-refractivity contribution in [3.63, 3.8) is 0 Å². The molecule has 0 saturated heterocycles. The van der Waals surface area contributed by atoms with E-state index in [-0.39, 0.29) is 5.75 Å². The molecule has 0 aliphatic carbocycles. The minimum Gasteiger partial charge on any atom is -0.493 e. The normalized spacial score (nSPS) is 11.3. The Hall–Kier alpha value is -1.67. The van der Waals surface area contributed by atoms with Crippen LogP contribution in [0.5, 0.6) is 17.2 Å². The van der Waals surface area contributed by atoms with Gasteiger partial charge in [0.1, 0.15) is 6.61 Å². The quantitative estimate of drug-likeness (QED) is 0.590. The Morgan fingerprint density at radius 1 is 1.10 bits per heavy atom. The van der Waals surface area contributed by atoms with Gasteiger partial charge in [0.25, 0.3) is 0 Å². The number of hydrogen-bond donors (Lipinski definition) is 1. The van der Waals surface area contributed by atoms with Crippen LogP contribution in [0.3, 0.4) is 0 Å². The molecule has 0 aliphatic rings. The van der Waals surface area contributed by atoms with Crippen molar-refractivity contribution in [3.05, 3.63) is 17.7 Å². The highest BCUT2D eigenvalue weighted by Gasteiger charge is 2.27. The van der Waals surface area contributed by atoms with E-state index in [1.807, 2.05) is 0 Å². The molecule has 0 amide bonds. The SMILES string of the molecule is CNCc1cc(OC)c(OCOCC(F)(F)F)c(OC)c1. The molecule has 0 bridgehead atoms. The Morgan fingerprint density at radius 2 is 1.67 bits per heavy atom. The smallest absolute Gasteiger partial charge is 0.411 e. The first kappa shape index (κ1) is 17.4. The Morgan fingerprint density at radius 3 is 2.10 bits per heavy atom. The number of alkyl halides is 3. The lowest BCUT2D eigenvalue weighted by Gasteiger charge is -2.16. The van der Waals surface area contributed by atoms with E-state index in [2.05, 4.69) is 10.1 Å². The number of halogens is 3. The fourth-order valence-corrected chi connectivity index (χ4v) is 1.64. The third-order valence-electron chi connectivity index (χ3n) is 2.45. The molecule has 0 fully saturated rings. The molecular formula is C13H18F3NO4. The standard InChI is InChI=1S/C13H18F3NO4/c1-17-6-9-4-10(18-2)12(11(5-9)19-3)21-8-20-7-13(14,15)16/h4-5,17H,6-8H2,1-3H3. The molecule has 21 heavy (non-hydrogen) atoms. The van der Waals surface area contributed by atoms with E-state index in [4.69, 9.17) is 14.2 Å². The molecule has 0 aromatic heterocycles. The summed E-state index contributed by atoms with van der Waals surface area (Å²) in [5.74, 6) is 0.910. The van der Waals surface area contributed by atoms with Crippen LogP contribution in [0.15, 0.2) is 12.1 Å². The van der Waals surface area contributed by atoms with Gasteiger partial charge in [-0.3, -0.25) is 0 Å². The molecule has 0 saturated carbocycles. The molecule has 1 rings (SSSR count). The zero-order valence-corrected chi connectivity index (χ0v) is 12.0. The first-order valence-corrected chi connectivity index (χ1v) is 6.08. The molecule has 1 aromatic rings. The highest BCUT2D eigenvalue weighted by atomic mass is 19.4. The summed E-state index contributed by atoms with van der Waals surface area (Å²) >= 11 is 0. The third kappa shape index (κ3) is 5.68. The molecule has 1 N–H and O–H groups in total. The number of ether oxygens (including phenoxy) is 4. The zero-order chi connectivity index (χ0) is 15.9. The molecule has 0 unspecified atom stereocenters. The molecule has 5 nitrogen and oxygen atoms in total. The van der Waals surface area contributed by atoms with Gasteiger partial charge in [-0.1, -0.05) is 0 Å². The summed E-state index contributed by atoms with van der Waals surface area (Å²) in [5.41, 5.74) is 0.884. The van der Waals surface area contributed by atoms with Gasteiger partial charge < -0.3 is 24.3 Å². The van der Waals surface area contributed by atoms with Crippen molar-refractivity contribution in [2.45, 2.75) is 12.7 Å². The van der Waals surface area contributed by atoms with E-state index < -0.39 is 19.6 Å². The van der Waals surface area contributed by atoms with Crippen molar-refractivity contribution >= 4 is 0 Å². The lowest BCUT2D eigenvalue weighted by molar-refractivity contribution is -0.187. The van der Waals surface area contributed by atoms with E-state index in [0.29, 0.717) is 18.0 Å². The maximum Gasteiger partial charge on any atom is 0.411 e. The van der Waals surface area contributed by atoms with E-state index in [1.54, 1.807) is 19.2 Å². The van der Waals surface area contributed by atoms with Crippen LogP contribution in [0.2, 0.25) is 0 Å². The van der Waals surface area contributed by atoms with Gasteiger partial charge in [-0.2, -0.15) is 13.2 Å². The molecule has 0 radical (unpaired) electrons. The van der Waals surface area contributed by atoms with Crippen LogP contribution in [0.1, 0.15) is 5.56 Å². The average molecular weight is 309 g/mol. The molecule has 1 aromatic carbocycles. The Bertz CT molecular complexity index is 427. The summed E-state index contributed by atoms with van der Waals surface area (Å²) in [5, 5.41) is 2.97. The fourth-order valence-electron chi connectivity index (χ4n) is 1.64. The summed E-state index contributed by atoms with van der Waals surface area (Å²) in [7, 11) is 4.65. The Balaban J connectivity index is 2.79. The van der Waals surface area contributed by atoms with Crippen molar-refractivity contribution in [1.29, 1.82) is 0 Å². The number of benzene rings is 1. The van der Waals surface area contributed by atoms with E-state index >= 15 is 0 Å². The lowest BCUT2D eigenvalue weighted by Crippen LogP contribution is -2.19. The topological polar surface area (TPSA) is 49.0 Å². The van der Waals surface area contributed by atoms with Gasteiger partial charge in [0.15, 0.2) is 18.3 Å². The fraction of sp³-hybridized carbons (Fsp3) is 0.538. The molecule has 0 spiro atoms. The molecular weight excluding hydrogens is 291 g/mol. The van der Waals surface area contributed by atoms with Gasteiger partial charge in [-0.25, -0.2) is 0 Å². The largest absolute Gasteiger partial charge is 0.493 e. The van der Waals surface area contributed by atoms with Gasteiger partial charge in [-0.05, 0) is 24.7 Å². The van der Waals surface area contributed by atoms with E-state index in [9.17, 15) is 13.2 Å². The van der Waals surface area contributed by atoms with E-state index in [1.165, 1.54) is 14.2 Å². The Labute approximate surface area is 120 Å². The maximum atomic E-state index is 12.0.